The highest BCUT2D eigenvalue weighted by Gasteiger charge is 2.41. The van der Waals surface area contributed by atoms with Crippen molar-refractivity contribution in [3.63, 3.8) is 0 Å². The quantitative estimate of drug-likeness (QED) is 0.124. The van der Waals surface area contributed by atoms with Gasteiger partial charge in [-0.05, 0) is 101 Å². The fraction of sp³-hybridized carbons (Fsp3) is 0.385. The van der Waals surface area contributed by atoms with Gasteiger partial charge in [-0.15, -0.1) is 0 Å². The minimum absolute atomic E-state index is 0.000188. The lowest BCUT2D eigenvalue weighted by molar-refractivity contribution is -0.144. The molecular weight excluding hydrogens is 759 g/mol. The molecule has 0 saturated carbocycles. The molecule has 2 nitrogen and oxygen atoms in total. The molecule has 294 valence electrons. The summed E-state index contributed by atoms with van der Waals surface area (Å²) in [4.78, 5) is 0. The largest absolute Gasteiger partial charge is 0.497 e. The molecule has 0 bridgehead atoms. The SMILES string of the molecule is COc1cc(OC)c(-c2c(C(C)C)cc(C(C)C)cc2C(C)C)c(P(c2cc(C(F)(F)F)cc(C(F)(F)F)c2)c2cc(C(F)(F)F)cc(C(F)(F)F)c2)c1. The van der Waals surface area contributed by atoms with E-state index in [0.29, 0.717) is 41.0 Å². The predicted molar refractivity (Wildman–Crippen MR) is 186 cm³/mol. The zero-order valence-corrected chi connectivity index (χ0v) is 31.2. The van der Waals surface area contributed by atoms with Gasteiger partial charge in [-0.3, -0.25) is 0 Å². The summed E-state index contributed by atoms with van der Waals surface area (Å²) in [6.45, 7) is 11.3. The second-order valence-electron chi connectivity index (χ2n) is 13.6. The van der Waals surface area contributed by atoms with Gasteiger partial charge in [0.25, 0.3) is 0 Å². The van der Waals surface area contributed by atoms with Crippen LogP contribution in [0.3, 0.4) is 0 Å². The van der Waals surface area contributed by atoms with Gasteiger partial charge >= 0.3 is 24.7 Å². The Bertz CT molecular complexity index is 1820. The average Bonchev–Trinajstić information content (AvgIpc) is 3.05. The molecule has 0 fully saturated rings. The molecule has 0 saturated heterocycles. The van der Waals surface area contributed by atoms with E-state index in [2.05, 4.69) is 0 Å². The number of ether oxygens (including phenoxy) is 2. The van der Waals surface area contributed by atoms with Gasteiger partial charge in [-0.1, -0.05) is 53.7 Å². The third kappa shape index (κ3) is 9.12. The topological polar surface area (TPSA) is 18.5 Å². The third-order valence-corrected chi connectivity index (χ3v) is 11.2. The van der Waals surface area contributed by atoms with E-state index in [-0.39, 0.29) is 52.3 Å². The van der Waals surface area contributed by atoms with Crippen LogP contribution in [0.5, 0.6) is 11.5 Å². The molecule has 4 aromatic carbocycles. The lowest BCUT2D eigenvalue weighted by Crippen LogP contribution is -2.28. The summed E-state index contributed by atoms with van der Waals surface area (Å²) in [5.74, 6) is -0.653. The Kier molecular flexibility index (Phi) is 12.1. The van der Waals surface area contributed by atoms with Crippen LogP contribution in [0.2, 0.25) is 0 Å². The van der Waals surface area contributed by atoms with E-state index >= 15 is 0 Å². The molecule has 0 spiro atoms. The number of halogens is 12. The van der Waals surface area contributed by atoms with Gasteiger partial charge in [0.1, 0.15) is 11.5 Å². The third-order valence-electron chi connectivity index (χ3n) is 8.80. The van der Waals surface area contributed by atoms with Crippen molar-refractivity contribution in [2.24, 2.45) is 0 Å². The van der Waals surface area contributed by atoms with Crippen molar-refractivity contribution >= 4 is 23.8 Å². The maximum atomic E-state index is 14.3. The van der Waals surface area contributed by atoms with Crippen LogP contribution >= 0.6 is 7.92 Å². The Labute approximate surface area is 306 Å². The van der Waals surface area contributed by atoms with E-state index < -0.39 is 65.5 Å². The van der Waals surface area contributed by atoms with Crippen molar-refractivity contribution in [2.75, 3.05) is 14.2 Å². The van der Waals surface area contributed by atoms with Crippen LogP contribution in [0.15, 0.2) is 60.7 Å². The molecule has 0 atom stereocenters. The first-order valence-electron chi connectivity index (χ1n) is 16.5. The maximum Gasteiger partial charge on any atom is 0.416 e. The van der Waals surface area contributed by atoms with Crippen molar-refractivity contribution in [3.05, 3.63) is 99.6 Å². The minimum Gasteiger partial charge on any atom is -0.497 e. The molecule has 4 aromatic rings. The fourth-order valence-electron chi connectivity index (χ4n) is 6.09. The van der Waals surface area contributed by atoms with Crippen LogP contribution in [0.4, 0.5) is 52.7 Å². The van der Waals surface area contributed by atoms with Crippen LogP contribution in [0.1, 0.15) is 98.2 Å². The molecule has 4 rings (SSSR count). The summed E-state index contributed by atoms with van der Waals surface area (Å²) in [7, 11) is -0.710. The van der Waals surface area contributed by atoms with Gasteiger partial charge in [0.05, 0.1) is 36.5 Å². The number of hydrogen-bond acceptors (Lipinski definition) is 2. The predicted octanol–water partition coefficient (Wildman–Crippen LogP) is 12.6. The number of benzene rings is 4. The Morgan fingerprint density at radius 1 is 0.444 bits per heavy atom. The van der Waals surface area contributed by atoms with E-state index in [9.17, 15) is 52.7 Å². The molecule has 0 N–H and O–H groups in total. The Morgan fingerprint density at radius 3 is 1.09 bits per heavy atom. The molecule has 54 heavy (non-hydrogen) atoms. The molecule has 0 radical (unpaired) electrons. The molecule has 0 aliphatic carbocycles. The monoisotopic (exact) mass is 796 g/mol. The first-order chi connectivity index (χ1) is 24.7. The van der Waals surface area contributed by atoms with Gasteiger partial charge in [-0.2, -0.15) is 52.7 Å². The highest BCUT2D eigenvalue weighted by Crippen LogP contribution is 2.50. The fourth-order valence-corrected chi connectivity index (χ4v) is 8.72. The Hall–Kier alpha value is -3.93. The standard InChI is InChI=1S/C39H37F12O2P/c1-19(2)22-9-30(20(3)4)34(31(10-22)21(5)6)35-32(53-8)17-27(52-7)18-33(35)54(28-13-23(36(40,41)42)11-24(14-28)37(43,44)45)29-15-25(38(46,47)48)12-26(16-29)39(49,50)51/h9-21H,1-8H3. The molecule has 0 aliphatic rings. The first-order valence-corrected chi connectivity index (χ1v) is 17.9. The van der Waals surface area contributed by atoms with Crippen molar-refractivity contribution in [1.29, 1.82) is 0 Å². The number of rotatable bonds is 9. The van der Waals surface area contributed by atoms with Crippen molar-refractivity contribution in [1.82, 2.24) is 0 Å². The van der Waals surface area contributed by atoms with Gasteiger partial charge < -0.3 is 9.47 Å². The molecule has 0 amide bonds. The van der Waals surface area contributed by atoms with Gasteiger partial charge in [0.2, 0.25) is 0 Å². The van der Waals surface area contributed by atoms with Crippen molar-refractivity contribution < 1.29 is 62.2 Å². The minimum atomic E-state index is -5.39. The molecule has 15 heteroatoms. The lowest BCUT2D eigenvalue weighted by atomic mass is 9.81. The number of hydrogen-bond donors (Lipinski definition) is 0. The Morgan fingerprint density at radius 2 is 0.815 bits per heavy atom. The summed E-state index contributed by atoms with van der Waals surface area (Å²) in [6, 6.07) is 7.38. The van der Waals surface area contributed by atoms with E-state index in [1.165, 1.54) is 26.4 Å². The van der Waals surface area contributed by atoms with Crippen LogP contribution in [-0.2, 0) is 24.7 Å². The van der Waals surface area contributed by atoms with E-state index in [4.69, 9.17) is 9.47 Å². The van der Waals surface area contributed by atoms with E-state index in [1.807, 2.05) is 53.7 Å². The number of methoxy groups -OCH3 is 2. The molecule has 0 aromatic heterocycles. The maximum absolute atomic E-state index is 14.3. The Balaban J connectivity index is 2.40. The summed E-state index contributed by atoms with van der Waals surface area (Å²) in [6.07, 6.45) is -21.6. The van der Waals surface area contributed by atoms with Crippen LogP contribution in [0.25, 0.3) is 11.1 Å². The van der Waals surface area contributed by atoms with Gasteiger partial charge in [0.15, 0.2) is 0 Å². The zero-order valence-electron chi connectivity index (χ0n) is 30.3. The number of alkyl halides is 12. The molecule has 0 aliphatic heterocycles. The highest BCUT2D eigenvalue weighted by molar-refractivity contribution is 7.80. The summed E-state index contributed by atoms with van der Waals surface area (Å²) in [5, 5.41) is -1.82. The smallest absolute Gasteiger partial charge is 0.416 e. The van der Waals surface area contributed by atoms with E-state index in [1.54, 1.807) is 0 Å². The van der Waals surface area contributed by atoms with Gasteiger partial charge in [-0.25, -0.2) is 0 Å². The highest BCUT2D eigenvalue weighted by atomic mass is 31.1. The molecule has 0 unspecified atom stereocenters. The summed E-state index contributed by atoms with van der Waals surface area (Å²) >= 11 is 0. The molecule has 0 heterocycles. The van der Waals surface area contributed by atoms with Crippen LogP contribution in [0, 0.1) is 0 Å². The lowest BCUT2D eigenvalue weighted by Gasteiger charge is -2.30. The zero-order chi connectivity index (χ0) is 40.9. The second kappa shape index (κ2) is 15.3. The van der Waals surface area contributed by atoms with Crippen molar-refractivity contribution in [2.45, 2.75) is 84.0 Å². The summed E-state index contributed by atoms with van der Waals surface area (Å²) < 4.78 is 183. The summed E-state index contributed by atoms with van der Waals surface area (Å²) in [5.41, 5.74) is -4.49. The normalized spacial score (nSPS) is 13.1. The van der Waals surface area contributed by atoms with E-state index in [0.717, 1.165) is 5.56 Å². The van der Waals surface area contributed by atoms with Crippen LogP contribution in [-0.4, -0.2) is 14.2 Å². The van der Waals surface area contributed by atoms with Crippen LogP contribution < -0.4 is 25.4 Å². The first kappa shape index (κ1) is 42.8. The second-order valence-corrected chi connectivity index (χ2v) is 15.8. The molecular formula is C39H37F12O2P. The van der Waals surface area contributed by atoms with Crippen molar-refractivity contribution in [3.8, 4) is 22.6 Å². The van der Waals surface area contributed by atoms with Gasteiger partial charge in [0, 0.05) is 16.9 Å². The average molecular weight is 797 g/mol.